The molecule has 0 aliphatic carbocycles. The number of thiophene rings is 1. The van der Waals surface area contributed by atoms with E-state index in [1.54, 1.807) is 30.6 Å². The van der Waals surface area contributed by atoms with Crippen molar-refractivity contribution < 1.29 is 14.3 Å². The second-order valence-corrected chi connectivity index (χ2v) is 7.10. The van der Waals surface area contributed by atoms with Crippen molar-refractivity contribution in [1.29, 1.82) is 0 Å². The molecular formula is C20H27NO3S. The van der Waals surface area contributed by atoms with E-state index in [1.165, 1.54) is 4.88 Å². The van der Waals surface area contributed by atoms with Crippen LogP contribution in [0, 0.1) is 0 Å². The second kappa shape index (κ2) is 9.73. The van der Waals surface area contributed by atoms with E-state index in [4.69, 9.17) is 9.15 Å². The molecule has 0 aliphatic heterocycles. The highest BCUT2D eigenvalue weighted by Gasteiger charge is 2.30. The largest absolute Gasteiger partial charge is 0.462 e. The summed E-state index contributed by atoms with van der Waals surface area (Å²) in [6.45, 7) is 10.4. The predicted octanol–water partition coefficient (Wildman–Crippen LogP) is 4.33. The summed E-state index contributed by atoms with van der Waals surface area (Å²) in [4.78, 5) is 3.58. The zero-order valence-electron chi connectivity index (χ0n) is 14.8. The van der Waals surface area contributed by atoms with Crippen molar-refractivity contribution in [1.82, 2.24) is 4.90 Å². The standard InChI is InChI=1S/C20H27NO3S/c1-4-10-20(22,11-5-2)19-9-8-17(24-19)15-21(12-13-23-3)16-18-7-6-14-25-18/h4-9,14,22H,1-2,10-13,15-16H2,3H3. The van der Waals surface area contributed by atoms with Crippen LogP contribution in [0.2, 0.25) is 0 Å². The molecule has 0 saturated heterocycles. The van der Waals surface area contributed by atoms with Gasteiger partial charge in [-0.25, -0.2) is 0 Å². The lowest BCUT2D eigenvalue weighted by Gasteiger charge is -2.23. The molecule has 0 radical (unpaired) electrons. The van der Waals surface area contributed by atoms with E-state index < -0.39 is 5.60 Å². The predicted molar refractivity (Wildman–Crippen MR) is 103 cm³/mol. The Morgan fingerprint density at radius 3 is 2.60 bits per heavy atom. The molecule has 0 aromatic carbocycles. The molecule has 2 rings (SSSR count). The van der Waals surface area contributed by atoms with Gasteiger partial charge >= 0.3 is 0 Å². The van der Waals surface area contributed by atoms with Crippen LogP contribution in [-0.2, 0) is 23.4 Å². The van der Waals surface area contributed by atoms with E-state index >= 15 is 0 Å². The number of hydrogen-bond acceptors (Lipinski definition) is 5. The van der Waals surface area contributed by atoms with Gasteiger partial charge in [-0.05, 0) is 23.6 Å². The van der Waals surface area contributed by atoms with Crippen LogP contribution in [0.3, 0.4) is 0 Å². The molecule has 2 heterocycles. The van der Waals surface area contributed by atoms with Gasteiger partial charge in [0.2, 0.25) is 0 Å². The molecule has 4 nitrogen and oxygen atoms in total. The maximum atomic E-state index is 10.8. The molecule has 1 N–H and O–H groups in total. The molecule has 0 saturated carbocycles. The lowest BCUT2D eigenvalue weighted by Crippen LogP contribution is -2.26. The van der Waals surface area contributed by atoms with Gasteiger partial charge < -0.3 is 14.3 Å². The van der Waals surface area contributed by atoms with Crippen molar-refractivity contribution in [2.24, 2.45) is 0 Å². The molecule has 2 aromatic rings. The quantitative estimate of drug-likeness (QED) is 0.572. The van der Waals surface area contributed by atoms with E-state index in [9.17, 15) is 5.11 Å². The van der Waals surface area contributed by atoms with Crippen LogP contribution in [0.15, 0.2) is 59.4 Å². The molecule has 0 amide bonds. The number of nitrogens with zero attached hydrogens (tertiary/aromatic N) is 1. The first-order valence-corrected chi connectivity index (χ1v) is 9.26. The van der Waals surface area contributed by atoms with Crippen LogP contribution < -0.4 is 0 Å². The average Bonchev–Trinajstić information content (AvgIpc) is 3.25. The van der Waals surface area contributed by atoms with Gasteiger partial charge in [0.1, 0.15) is 17.1 Å². The van der Waals surface area contributed by atoms with Crippen LogP contribution in [0.25, 0.3) is 0 Å². The molecular weight excluding hydrogens is 334 g/mol. The smallest absolute Gasteiger partial charge is 0.136 e. The molecule has 0 spiro atoms. The number of hydrogen-bond donors (Lipinski definition) is 1. The molecule has 2 aromatic heterocycles. The molecule has 0 fully saturated rings. The normalized spacial score (nSPS) is 11.8. The monoisotopic (exact) mass is 361 g/mol. The maximum Gasteiger partial charge on any atom is 0.136 e. The van der Waals surface area contributed by atoms with E-state index in [0.717, 1.165) is 18.8 Å². The van der Waals surface area contributed by atoms with Gasteiger partial charge in [0, 0.05) is 37.9 Å². The molecule has 0 aliphatic rings. The zero-order valence-corrected chi connectivity index (χ0v) is 15.6. The Kier molecular flexibility index (Phi) is 7.65. The fraction of sp³-hybridized carbons (Fsp3) is 0.400. The maximum absolute atomic E-state index is 10.8. The third-order valence-corrected chi connectivity index (χ3v) is 4.90. The number of furan rings is 1. The van der Waals surface area contributed by atoms with Crippen LogP contribution in [0.5, 0.6) is 0 Å². The number of aliphatic hydroxyl groups is 1. The van der Waals surface area contributed by atoms with Gasteiger partial charge in [-0.1, -0.05) is 18.2 Å². The van der Waals surface area contributed by atoms with Crippen molar-refractivity contribution in [3.8, 4) is 0 Å². The van der Waals surface area contributed by atoms with Gasteiger partial charge in [0.05, 0.1) is 13.2 Å². The fourth-order valence-corrected chi connectivity index (χ4v) is 3.50. The summed E-state index contributed by atoms with van der Waals surface area (Å²) in [6, 6.07) is 7.97. The van der Waals surface area contributed by atoms with Gasteiger partial charge in [0.25, 0.3) is 0 Å². The first kappa shape index (κ1) is 19.7. The van der Waals surface area contributed by atoms with Crippen molar-refractivity contribution in [3.63, 3.8) is 0 Å². The number of methoxy groups -OCH3 is 1. The summed E-state index contributed by atoms with van der Waals surface area (Å²) in [5.41, 5.74) is -1.08. The highest BCUT2D eigenvalue weighted by Crippen LogP contribution is 2.31. The van der Waals surface area contributed by atoms with E-state index in [-0.39, 0.29) is 0 Å². The minimum Gasteiger partial charge on any atom is -0.462 e. The third-order valence-electron chi connectivity index (χ3n) is 4.03. The van der Waals surface area contributed by atoms with Gasteiger partial charge in [-0.2, -0.15) is 0 Å². The topological polar surface area (TPSA) is 45.8 Å². The fourth-order valence-electron chi connectivity index (χ4n) is 2.75. The van der Waals surface area contributed by atoms with Gasteiger partial charge in [-0.15, -0.1) is 24.5 Å². The van der Waals surface area contributed by atoms with Crippen molar-refractivity contribution in [2.75, 3.05) is 20.3 Å². The summed E-state index contributed by atoms with van der Waals surface area (Å²) in [7, 11) is 1.71. The Morgan fingerprint density at radius 2 is 2.00 bits per heavy atom. The summed E-state index contributed by atoms with van der Waals surface area (Å²) in [5.74, 6) is 1.39. The Bertz CT molecular complexity index is 638. The lowest BCUT2D eigenvalue weighted by atomic mass is 9.93. The Hall–Kier alpha value is -1.66. The molecule has 0 bridgehead atoms. The molecule has 136 valence electrons. The number of ether oxygens (including phenoxy) is 1. The summed E-state index contributed by atoms with van der Waals surface area (Å²) < 4.78 is 11.2. The zero-order chi connectivity index (χ0) is 18.1. The first-order chi connectivity index (χ1) is 12.1. The van der Waals surface area contributed by atoms with Gasteiger partial charge in [0.15, 0.2) is 0 Å². The summed E-state index contributed by atoms with van der Waals surface area (Å²) in [6.07, 6.45) is 4.25. The molecule has 5 heteroatoms. The first-order valence-electron chi connectivity index (χ1n) is 8.38. The van der Waals surface area contributed by atoms with Crippen LogP contribution in [0.1, 0.15) is 29.2 Å². The van der Waals surface area contributed by atoms with Crippen molar-refractivity contribution in [3.05, 3.63) is 71.4 Å². The molecule has 0 atom stereocenters. The minimum atomic E-state index is -1.08. The third kappa shape index (κ3) is 5.68. The van der Waals surface area contributed by atoms with Crippen LogP contribution in [-0.4, -0.2) is 30.3 Å². The number of rotatable bonds is 12. The van der Waals surface area contributed by atoms with Gasteiger partial charge in [-0.3, -0.25) is 4.90 Å². The Balaban J connectivity index is 2.09. The van der Waals surface area contributed by atoms with E-state index in [0.29, 0.717) is 31.8 Å². The summed E-state index contributed by atoms with van der Waals surface area (Å²) in [5, 5.41) is 12.9. The van der Waals surface area contributed by atoms with Crippen molar-refractivity contribution in [2.45, 2.75) is 31.5 Å². The SMILES string of the molecule is C=CCC(O)(CC=C)c1ccc(CN(CCOC)Cc2cccs2)o1. The summed E-state index contributed by atoms with van der Waals surface area (Å²) >= 11 is 1.74. The lowest BCUT2D eigenvalue weighted by molar-refractivity contribution is 0.0184. The Morgan fingerprint density at radius 1 is 1.24 bits per heavy atom. The minimum absolute atomic E-state index is 0.425. The van der Waals surface area contributed by atoms with Crippen LogP contribution in [0.4, 0.5) is 0 Å². The highest BCUT2D eigenvalue weighted by atomic mass is 32.1. The van der Waals surface area contributed by atoms with E-state index in [2.05, 4.69) is 35.6 Å². The highest BCUT2D eigenvalue weighted by molar-refractivity contribution is 7.09. The molecule has 0 unspecified atom stereocenters. The van der Waals surface area contributed by atoms with Crippen molar-refractivity contribution >= 4 is 11.3 Å². The average molecular weight is 362 g/mol. The van der Waals surface area contributed by atoms with E-state index in [1.807, 2.05) is 12.1 Å². The van der Waals surface area contributed by atoms with Crippen LogP contribution >= 0.6 is 11.3 Å². The Labute approximate surface area is 154 Å². The molecule has 25 heavy (non-hydrogen) atoms. The second-order valence-electron chi connectivity index (χ2n) is 6.07.